The fraction of sp³-hybridized carbons (Fsp3) is 0.433. The van der Waals surface area contributed by atoms with Crippen LogP contribution in [0, 0.1) is 5.82 Å². The third kappa shape index (κ3) is 5.89. The Bertz CT molecular complexity index is 1710. The molecule has 228 valence electrons. The fourth-order valence-electron chi connectivity index (χ4n) is 5.46. The molecular formula is C30H35FN6O6. The van der Waals surface area contributed by atoms with E-state index in [-0.39, 0.29) is 53.3 Å². The van der Waals surface area contributed by atoms with E-state index >= 15 is 4.39 Å². The highest BCUT2D eigenvalue weighted by molar-refractivity contribution is 6.02. The molecule has 1 fully saturated rings. The predicted molar refractivity (Wildman–Crippen MR) is 158 cm³/mol. The molecule has 1 N–H and O–H groups in total. The van der Waals surface area contributed by atoms with E-state index in [9.17, 15) is 14.7 Å². The number of rotatable bonds is 6. The lowest BCUT2D eigenvalue weighted by molar-refractivity contribution is 0.00563. The summed E-state index contributed by atoms with van der Waals surface area (Å²) in [4.78, 5) is 38.1. The summed E-state index contributed by atoms with van der Waals surface area (Å²) in [7, 11) is 3.07. The smallest absolute Gasteiger partial charge is 0.410 e. The van der Waals surface area contributed by atoms with Gasteiger partial charge < -0.3 is 24.2 Å². The average Bonchev–Trinajstić information content (AvgIpc) is 3.30. The Kier molecular flexibility index (Phi) is 7.86. The summed E-state index contributed by atoms with van der Waals surface area (Å²) in [6.45, 7) is 10.2. The van der Waals surface area contributed by atoms with E-state index < -0.39 is 17.4 Å². The molecule has 2 aromatic heterocycles. The number of aromatic carboxylic acids is 1. The first kappa shape index (κ1) is 30.0. The molecule has 43 heavy (non-hydrogen) atoms. The van der Waals surface area contributed by atoms with Crippen molar-refractivity contribution < 1.29 is 33.3 Å². The fourth-order valence-corrected chi connectivity index (χ4v) is 5.46. The van der Waals surface area contributed by atoms with E-state index in [1.165, 1.54) is 11.8 Å². The number of methoxy groups -OCH3 is 1. The SMILES string of the molecule is COCOc1c(-c2nc(C(=O)O)c3cc(N4C[C@@H](C)N(C(=O)OC(C)(C)C)[C@@H](C)C4)ccc3n2)cc2cn(C)nc2c1F. The summed E-state index contributed by atoms with van der Waals surface area (Å²) in [5.74, 6) is -2.19. The van der Waals surface area contributed by atoms with Gasteiger partial charge in [0, 0.05) is 49.9 Å². The molecule has 4 aromatic rings. The molecule has 2 aromatic carbocycles. The van der Waals surface area contributed by atoms with Crippen LogP contribution in [0.3, 0.4) is 0 Å². The molecule has 0 aliphatic carbocycles. The van der Waals surface area contributed by atoms with Gasteiger partial charge in [-0.1, -0.05) is 0 Å². The van der Waals surface area contributed by atoms with Crippen molar-refractivity contribution in [3.8, 4) is 17.1 Å². The number of aromatic nitrogens is 4. The van der Waals surface area contributed by atoms with Crippen LogP contribution in [0.2, 0.25) is 0 Å². The number of benzene rings is 2. The second-order valence-corrected chi connectivity index (χ2v) is 11.8. The van der Waals surface area contributed by atoms with Gasteiger partial charge in [0.1, 0.15) is 11.1 Å². The molecule has 0 radical (unpaired) electrons. The van der Waals surface area contributed by atoms with Crippen LogP contribution in [0.5, 0.6) is 5.75 Å². The maximum Gasteiger partial charge on any atom is 0.410 e. The molecule has 13 heteroatoms. The number of aryl methyl sites for hydroxylation is 1. The van der Waals surface area contributed by atoms with Gasteiger partial charge in [-0.2, -0.15) is 5.10 Å². The number of carbonyl (C=O) groups excluding carboxylic acids is 1. The number of carbonyl (C=O) groups is 2. The molecule has 5 rings (SSSR count). The molecule has 0 bridgehead atoms. The lowest BCUT2D eigenvalue weighted by Crippen LogP contribution is -2.59. The van der Waals surface area contributed by atoms with Crippen molar-refractivity contribution in [1.29, 1.82) is 0 Å². The maximum absolute atomic E-state index is 15.5. The Labute approximate surface area is 248 Å². The molecule has 1 aliphatic heterocycles. The predicted octanol–water partition coefficient (Wildman–Crippen LogP) is 4.84. The van der Waals surface area contributed by atoms with Crippen LogP contribution in [0.1, 0.15) is 45.1 Å². The normalized spacial score (nSPS) is 17.5. The van der Waals surface area contributed by atoms with Gasteiger partial charge in [-0.3, -0.25) is 9.58 Å². The van der Waals surface area contributed by atoms with Crippen LogP contribution in [-0.2, 0) is 16.5 Å². The number of fused-ring (bicyclic) bond motifs is 2. The van der Waals surface area contributed by atoms with E-state index in [1.807, 2.05) is 40.7 Å². The van der Waals surface area contributed by atoms with Gasteiger partial charge in [0.15, 0.2) is 29.9 Å². The van der Waals surface area contributed by atoms with Gasteiger partial charge in [0.05, 0.1) is 23.2 Å². The molecule has 2 atom stereocenters. The molecule has 1 saturated heterocycles. The Balaban J connectivity index is 1.54. The lowest BCUT2D eigenvalue weighted by Gasteiger charge is -2.45. The summed E-state index contributed by atoms with van der Waals surface area (Å²) < 4.78 is 33.2. The van der Waals surface area contributed by atoms with E-state index in [4.69, 9.17) is 14.2 Å². The van der Waals surface area contributed by atoms with Crippen LogP contribution in [0.25, 0.3) is 33.2 Å². The number of piperazine rings is 1. The third-order valence-electron chi connectivity index (χ3n) is 7.14. The highest BCUT2D eigenvalue weighted by atomic mass is 19.1. The molecule has 1 amide bonds. The van der Waals surface area contributed by atoms with Crippen molar-refractivity contribution in [2.45, 2.75) is 52.3 Å². The van der Waals surface area contributed by atoms with Gasteiger partial charge in [-0.25, -0.2) is 23.9 Å². The number of carboxylic acids is 1. The van der Waals surface area contributed by atoms with Crippen molar-refractivity contribution in [3.63, 3.8) is 0 Å². The molecule has 0 spiro atoms. The second kappa shape index (κ2) is 11.3. The van der Waals surface area contributed by atoms with Crippen LogP contribution in [-0.4, -0.2) is 86.5 Å². The largest absolute Gasteiger partial charge is 0.476 e. The average molecular weight is 595 g/mol. The van der Waals surface area contributed by atoms with Crippen molar-refractivity contribution in [2.75, 3.05) is 31.9 Å². The number of amides is 1. The highest BCUT2D eigenvalue weighted by Gasteiger charge is 2.36. The Hall–Kier alpha value is -4.52. The topological polar surface area (TPSA) is 132 Å². The van der Waals surface area contributed by atoms with Gasteiger partial charge in [0.25, 0.3) is 0 Å². The molecule has 1 aliphatic rings. The summed E-state index contributed by atoms with van der Waals surface area (Å²) in [5, 5.41) is 15.1. The molecule has 12 nitrogen and oxygen atoms in total. The van der Waals surface area contributed by atoms with E-state index in [0.29, 0.717) is 29.4 Å². The summed E-state index contributed by atoms with van der Waals surface area (Å²) in [5.41, 5.74) is 0.551. The van der Waals surface area contributed by atoms with Gasteiger partial charge in [-0.15, -0.1) is 0 Å². The first-order chi connectivity index (χ1) is 20.3. The van der Waals surface area contributed by atoms with Gasteiger partial charge in [0.2, 0.25) is 0 Å². The number of hydrogen-bond donors (Lipinski definition) is 1. The minimum atomic E-state index is -1.26. The zero-order valence-electron chi connectivity index (χ0n) is 25.2. The first-order valence-electron chi connectivity index (χ1n) is 13.9. The number of ether oxygens (including phenoxy) is 3. The zero-order chi connectivity index (χ0) is 31.2. The summed E-state index contributed by atoms with van der Waals surface area (Å²) in [6, 6.07) is 6.60. The van der Waals surface area contributed by atoms with Gasteiger partial charge in [-0.05, 0) is 58.9 Å². The third-order valence-corrected chi connectivity index (χ3v) is 7.14. The number of anilines is 1. The van der Waals surface area contributed by atoms with Crippen LogP contribution in [0.15, 0.2) is 30.5 Å². The Morgan fingerprint density at radius 1 is 1.12 bits per heavy atom. The monoisotopic (exact) mass is 594 g/mol. The number of nitrogens with zero attached hydrogens (tertiary/aromatic N) is 6. The first-order valence-corrected chi connectivity index (χ1v) is 13.9. The zero-order valence-corrected chi connectivity index (χ0v) is 25.2. The van der Waals surface area contributed by atoms with E-state index in [0.717, 1.165) is 5.69 Å². The highest BCUT2D eigenvalue weighted by Crippen LogP contribution is 2.37. The van der Waals surface area contributed by atoms with Crippen molar-refractivity contribution in [1.82, 2.24) is 24.6 Å². The van der Waals surface area contributed by atoms with Crippen LogP contribution >= 0.6 is 0 Å². The van der Waals surface area contributed by atoms with Crippen molar-refractivity contribution in [2.24, 2.45) is 7.05 Å². The van der Waals surface area contributed by atoms with Crippen LogP contribution in [0.4, 0.5) is 14.9 Å². The minimum Gasteiger partial charge on any atom is -0.476 e. The molecular weight excluding hydrogens is 559 g/mol. The Morgan fingerprint density at radius 2 is 1.81 bits per heavy atom. The van der Waals surface area contributed by atoms with Crippen molar-refractivity contribution in [3.05, 3.63) is 42.0 Å². The van der Waals surface area contributed by atoms with Crippen LogP contribution < -0.4 is 9.64 Å². The number of carboxylic acid groups (broad SMARTS) is 1. The molecule has 0 saturated carbocycles. The van der Waals surface area contributed by atoms with Crippen molar-refractivity contribution >= 4 is 39.6 Å². The Morgan fingerprint density at radius 3 is 2.44 bits per heavy atom. The number of hydrogen-bond acceptors (Lipinski definition) is 9. The standard InChI is InChI=1S/C30H35FN6O6/c1-16-12-36(13-17(2)37(16)29(40)43-30(3,4)5)19-8-9-22-20(11-19)25(28(38)39)33-27(32-22)21-10-18-14-35(6)34-24(18)23(31)26(21)42-15-41-7/h8-11,14,16-17H,12-13,15H2,1-7H3,(H,38,39)/t16-,17+. The van der Waals surface area contributed by atoms with Gasteiger partial charge >= 0.3 is 12.1 Å². The number of halogens is 1. The van der Waals surface area contributed by atoms with E-state index in [1.54, 1.807) is 36.3 Å². The van der Waals surface area contributed by atoms with E-state index in [2.05, 4.69) is 20.0 Å². The molecule has 0 unspecified atom stereocenters. The lowest BCUT2D eigenvalue weighted by atomic mass is 10.1. The summed E-state index contributed by atoms with van der Waals surface area (Å²) in [6.07, 6.45) is 1.27. The molecule has 3 heterocycles. The minimum absolute atomic E-state index is 0.0124. The second-order valence-electron chi connectivity index (χ2n) is 11.8. The quantitative estimate of drug-likeness (QED) is 0.309. The summed E-state index contributed by atoms with van der Waals surface area (Å²) >= 11 is 0. The maximum atomic E-state index is 15.5.